The number of rotatable bonds is 10. The second kappa shape index (κ2) is 10.9. The van der Waals surface area contributed by atoms with Crippen molar-refractivity contribution in [3.8, 4) is 11.5 Å². The van der Waals surface area contributed by atoms with Crippen LogP contribution in [0.25, 0.3) is 0 Å². The van der Waals surface area contributed by atoms with Gasteiger partial charge in [-0.3, -0.25) is 9.10 Å². The van der Waals surface area contributed by atoms with Crippen LogP contribution in [-0.4, -0.2) is 49.2 Å². The summed E-state index contributed by atoms with van der Waals surface area (Å²) in [4.78, 5) is 14.8. The molecule has 1 N–H and O–H groups in total. The van der Waals surface area contributed by atoms with Crippen molar-refractivity contribution >= 4 is 27.3 Å². The zero-order valence-electron chi connectivity index (χ0n) is 19.7. The lowest BCUT2D eigenvalue weighted by molar-refractivity contribution is -0.119. The van der Waals surface area contributed by atoms with E-state index >= 15 is 0 Å². The molecule has 0 aliphatic heterocycles. The molecule has 0 aromatic heterocycles. The van der Waals surface area contributed by atoms with Crippen molar-refractivity contribution in [1.29, 1.82) is 0 Å². The Kier molecular flexibility index (Phi) is 8.01. The van der Waals surface area contributed by atoms with Gasteiger partial charge in [-0.05, 0) is 42.0 Å². The summed E-state index contributed by atoms with van der Waals surface area (Å²) in [5.41, 5.74) is 2.34. The Morgan fingerprint density at radius 2 is 1.50 bits per heavy atom. The monoisotopic (exact) mass is 483 g/mol. The van der Waals surface area contributed by atoms with Crippen LogP contribution in [0.5, 0.6) is 11.5 Å². The molecule has 0 unspecified atom stereocenters. The predicted octanol–water partition coefficient (Wildman–Crippen LogP) is 3.28. The summed E-state index contributed by atoms with van der Waals surface area (Å²) in [5.74, 6) is 0.262. The van der Waals surface area contributed by atoms with Gasteiger partial charge < -0.3 is 19.7 Å². The summed E-state index contributed by atoms with van der Waals surface area (Å²) in [6.07, 6.45) is 0. The molecule has 9 heteroatoms. The Labute approximate surface area is 200 Å². The van der Waals surface area contributed by atoms with Gasteiger partial charge in [0.1, 0.15) is 6.54 Å². The van der Waals surface area contributed by atoms with Gasteiger partial charge in [-0.15, -0.1) is 0 Å². The number of carbonyl (C=O) groups excluding carboxylic acids is 1. The van der Waals surface area contributed by atoms with Crippen molar-refractivity contribution in [2.45, 2.75) is 11.4 Å². The van der Waals surface area contributed by atoms with Gasteiger partial charge in [-0.25, -0.2) is 8.42 Å². The normalized spacial score (nSPS) is 10.9. The summed E-state index contributed by atoms with van der Waals surface area (Å²) in [5, 5.41) is 2.81. The Morgan fingerprint density at radius 1 is 0.853 bits per heavy atom. The Bertz CT molecular complexity index is 1210. The highest BCUT2D eigenvalue weighted by Gasteiger charge is 2.28. The van der Waals surface area contributed by atoms with Gasteiger partial charge in [-0.1, -0.05) is 30.3 Å². The molecule has 3 aromatic carbocycles. The van der Waals surface area contributed by atoms with E-state index in [1.54, 1.807) is 30.3 Å². The Balaban J connectivity index is 1.83. The number of para-hydroxylation sites is 1. The van der Waals surface area contributed by atoms with Crippen molar-refractivity contribution in [3.05, 3.63) is 78.4 Å². The van der Waals surface area contributed by atoms with Crippen LogP contribution in [0.15, 0.2) is 77.7 Å². The number of anilines is 2. The molecule has 180 valence electrons. The van der Waals surface area contributed by atoms with Gasteiger partial charge in [0.25, 0.3) is 10.0 Å². The van der Waals surface area contributed by atoms with Crippen LogP contribution in [0, 0.1) is 0 Å². The summed E-state index contributed by atoms with van der Waals surface area (Å²) < 4.78 is 38.7. The molecule has 0 atom stereocenters. The molecule has 0 heterocycles. The van der Waals surface area contributed by atoms with Crippen LogP contribution in [0.4, 0.5) is 11.4 Å². The van der Waals surface area contributed by atoms with Gasteiger partial charge in [0.2, 0.25) is 5.91 Å². The average Bonchev–Trinajstić information content (AvgIpc) is 2.86. The molecule has 0 saturated heterocycles. The maximum Gasteiger partial charge on any atom is 0.264 e. The summed E-state index contributed by atoms with van der Waals surface area (Å²) in [7, 11) is 2.74. The second-order valence-electron chi connectivity index (χ2n) is 7.70. The van der Waals surface area contributed by atoms with E-state index in [-0.39, 0.29) is 23.7 Å². The number of nitrogens with one attached hydrogen (secondary N) is 1. The molecule has 0 aliphatic carbocycles. The highest BCUT2D eigenvalue weighted by molar-refractivity contribution is 7.92. The summed E-state index contributed by atoms with van der Waals surface area (Å²) in [6.45, 7) is -0.0952. The number of benzene rings is 3. The van der Waals surface area contributed by atoms with Crippen LogP contribution in [0.1, 0.15) is 5.56 Å². The molecule has 3 aromatic rings. The molecule has 3 rings (SSSR count). The number of nitrogens with zero attached hydrogens (tertiary/aromatic N) is 2. The molecular formula is C25H29N3O5S. The summed E-state index contributed by atoms with van der Waals surface area (Å²) in [6, 6.07) is 20.6. The Hall–Kier alpha value is -3.72. The fourth-order valence-corrected chi connectivity index (χ4v) is 4.75. The lowest BCUT2D eigenvalue weighted by Gasteiger charge is -2.24. The number of sulfonamides is 1. The minimum Gasteiger partial charge on any atom is -0.493 e. The molecule has 1 amide bonds. The van der Waals surface area contributed by atoms with E-state index in [9.17, 15) is 13.2 Å². The molecule has 0 saturated carbocycles. The predicted molar refractivity (Wildman–Crippen MR) is 133 cm³/mol. The molecule has 8 nitrogen and oxygen atoms in total. The molecule has 0 fully saturated rings. The topological polar surface area (TPSA) is 88.2 Å². The lowest BCUT2D eigenvalue weighted by Crippen LogP contribution is -2.40. The van der Waals surface area contributed by atoms with E-state index in [1.165, 1.54) is 32.4 Å². The number of methoxy groups -OCH3 is 2. The van der Waals surface area contributed by atoms with Crippen LogP contribution in [0.2, 0.25) is 0 Å². The molecule has 0 spiro atoms. The SMILES string of the molecule is COc1ccc(S(=O)(=O)N(CC(=O)NCc2ccc(N(C)C)cc2)c2ccccc2)cc1OC. The largest absolute Gasteiger partial charge is 0.493 e. The van der Waals surface area contributed by atoms with E-state index in [0.717, 1.165) is 15.6 Å². The van der Waals surface area contributed by atoms with Gasteiger partial charge in [0, 0.05) is 32.4 Å². The highest BCUT2D eigenvalue weighted by Crippen LogP contribution is 2.32. The van der Waals surface area contributed by atoms with E-state index in [2.05, 4.69) is 5.32 Å². The van der Waals surface area contributed by atoms with E-state index in [4.69, 9.17) is 9.47 Å². The van der Waals surface area contributed by atoms with Crippen molar-refractivity contribution < 1.29 is 22.7 Å². The first-order chi connectivity index (χ1) is 16.3. The standard InChI is InChI=1S/C25H29N3O5S/c1-27(2)20-12-10-19(11-13-20)17-26-25(29)18-28(21-8-6-5-7-9-21)34(30,31)22-14-15-23(32-3)24(16-22)33-4/h5-16H,17-18H2,1-4H3,(H,26,29). The van der Waals surface area contributed by atoms with Crippen molar-refractivity contribution in [1.82, 2.24) is 5.32 Å². The quantitative estimate of drug-likeness (QED) is 0.476. The van der Waals surface area contributed by atoms with Crippen LogP contribution in [0.3, 0.4) is 0 Å². The average molecular weight is 484 g/mol. The number of amides is 1. The molecule has 34 heavy (non-hydrogen) atoms. The maximum atomic E-state index is 13.6. The first kappa shape index (κ1) is 24.9. The van der Waals surface area contributed by atoms with E-state index in [0.29, 0.717) is 11.4 Å². The van der Waals surface area contributed by atoms with Gasteiger partial charge in [0.05, 0.1) is 24.8 Å². The third-order valence-electron chi connectivity index (χ3n) is 5.22. The fraction of sp³-hybridized carbons (Fsp3) is 0.240. The van der Waals surface area contributed by atoms with Crippen LogP contribution in [-0.2, 0) is 21.4 Å². The first-order valence-electron chi connectivity index (χ1n) is 10.6. The maximum absolute atomic E-state index is 13.6. The number of hydrogen-bond donors (Lipinski definition) is 1. The lowest BCUT2D eigenvalue weighted by atomic mass is 10.2. The van der Waals surface area contributed by atoms with Gasteiger partial charge in [-0.2, -0.15) is 0 Å². The zero-order chi connectivity index (χ0) is 24.7. The van der Waals surface area contributed by atoms with Crippen LogP contribution >= 0.6 is 0 Å². The van der Waals surface area contributed by atoms with Crippen molar-refractivity contribution in [2.75, 3.05) is 44.1 Å². The molecule has 0 aliphatic rings. The number of ether oxygens (including phenoxy) is 2. The minimum absolute atomic E-state index is 0.0129. The van der Waals surface area contributed by atoms with Gasteiger partial charge >= 0.3 is 0 Å². The molecular weight excluding hydrogens is 454 g/mol. The van der Waals surface area contributed by atoms with Gasteiger partial charge in [0.15, 0.2) is 11.5 Å². The molecule has 0 radical (unpaired) electrons. The fourth-order valence-electron chi connectivity index (χ4n) is 3.31. The van der Waals surface area contributed by atoms with E-state index in [1.807, 2.05) is 43.3 Å². The third kappa shape index (κ3) is 5.79. The minimum atomic E-state index is -4.07. The van der Waals surface area contributed by atoms with Crippen LogP contribution < -0.4 is 24.0 Å². The van der Waals surface area contributed by atoms with Crippen molar-refractivity contribution in [3.63, 3.8) is 0 Å². The van der Waals surface area contributed by atoms with E-state index < -0.39 is 15.9 Å². The Morgan fingerprint density at radius 3 is 2.09 bits per heavy atom. The van der Waals surface area contributed by atoms with Crippen molar-refractivity contribution in [2.24, 2.45) is 0 Å². The number of carbonyl (C=O) groups is 1. The zero-order valence-corrected chi connectivity index (χ0v) is 20.5. The smallest absolute Gasteiger partial charge is 0.264 e. The molecule has 0 bridgehead atoms. The third-order valence-corrected chi connectivity index (χ3v) is 6.99. The highest BCUT2D eigenvalue weighted by atomic mass is 32.2. The second-order valence-corrected chi connectivity index (χ2v) is 9.56. The summed E-state index contributed by atoms with van der Waals surface area (Å²) >= 11 is 0. The number of hydrogen-bond acceptors (Lipinski definition) is 6. The first-order valence-corrected chi connectivity index (χ1v) is 12.0.